The Balaban J connectivity index is 2.05. The van der Waals surface area contributed by atoms with Crippen molar-refractivity contribution in [2.75, 3.05) is 6.61 Å². The molecule has 2 N–H and O–H groups in total. The standard InChI is InChI=1S/C17H19NO3S/c1-2-21-17(20)12-16(13-7-4-3-5-8-13)18-22-15-10-6-9-14(19)11-15/h3-11,16,18-19H,2,12H2,1H3. The van der Waals surface area contributed by atoms with Crippen LogP contribution in [0.15, 0.2) is 59.5 Å². The van der Waals surface area contributed by atoms with Gasteiger partial charge in [-0.1, -0.05) is 36.4 Å². The number of phenolic OH excluding ortho intramolecular Hbond substituents is 1. The number of ether oxygens (including phenoxy) is 1. The highest BCUT2D eigenvalue weighted by Crippen LogP contribution is 2.25. The molecule has 0 saturated carbocycles. The summed E-state index contributed by atoms with van der Waals surface area (Å²) in [5, 5.41) is 9.50. The van der Waals surface area contributed by atoms with Gasteiger partial charge in [0.15, 0.2) is 0 Å². The SMILES string of the molecule is CCOC(=O)CC(NSc1cccc(O)c1)c1ccccc1. The summed E-state index contributed by atoms with van der Waals surface area (Å²) < 4.78 is 8.31. The largest absolute Gasteiger partial charge is 0.508 e. The average Bonchev–Trinajstić information content (AvgIpc) is 2.52. The van der Waals surface area contributed by atoms with Crippen LogP contribution in [0, 0.1) is 0 Å². The fourth-order valence-electron chi connectivity index (χ4n) is 1.99. The summed E-state index contributed by atoms with van der Waals surface area (Å²) in [6, 6.07) is 16.6. The Hall–Kier alpha value is -1.98. The van der Waals surface area contributed by atoms with E-state index in [4.69, 9.17) is 4.74 Å². The van der Waals surface area contributed by atoms with E-state index in [1.54, 1.807) is 25.1 Å². The first-order chi connectivity index (χ1) is 10.7. The van der Waals surface area contributed by atoms with Crippen LogP contribution >= 0.6 is 11.9 Å². The minimum absolute atomic E-state index is 0.160. The number of hydrogen-bond acceptors (Lipinski definition) is 5. The quantitative estimate of drug-likeness (QED) is 0.602. The zero-order chi connectivity index (χ0) is 15.8. The first-order valence-corrected chi connectivity index (χ1v) is 7.92. The molecular weight excluding hydrogens is 298 g/mol. The van der Waals surface area contributed by atoms with Crippen molar-refractivity contribution in [3.05, 3.63) is 60.2 Å². The van der Waals surface area contributed by atoms with E-state index in [1.807, 2.05) is 36.4 Å². The fraction of sp³-hybridized carbons (Fsp3) is 0.235. The zero-order valence-corrected chi connectivity index (χ0v) is 13.2. The van der Waals surface area contributed by atoms with E-state index >= 15 is 0 Å². The Labute approximate surface area is 134 Å². The molecule has 4 nitrogen and oxygen atoms in total. The molecule has 1 unspecified atom stereocenters. The van der Waals surface area contributed by atoms with Gasteiger partial charge in [0.05, 0.1) is 19.1 Å². The van der Waals surface area contributed by atoms with Gasteiger partial charge in [0.1, 0.15) is 5.75 Å². The van der Waals surface area contributed by atoms with Gasteiger partial charge in [0, 0.05) is 4.90 Å². The van der Waals surface area contributed by atoms with Gasteiger partial charge in [0.25, 0.3) is 0 Å². The number of carbonyl (C=O) groups is 1. The third kappa shape index (κ3) is 5.09. The van der Waals surface area contributed by atoms with E-state index in [0.29, 0.717) is 6.61 Å². The summed E-state index contributed by atoms with van der Waals surface area (Å²) in [5.74, 6) is -0.0196. The monoisotopic (exact) mass is 317 g/mol. The lowest BCUT2D eigenvalue weighted by Gasteiger charge is -2.18. The van der Waals surface area contributed by atoms with Gasteiger partial charge < -0.3 is 9.84 Å². The van der Waals surface area contributed by atoms with Crippen molar-refractivity contribution in [3.8, 4) is 5.75 Å². The smallest absolute Gasteiger partial charge is 0.307 e. The molecule has 0 saturated heterocycles. The van der Waals surface area contributed by atoms with Gasteiger partial charge in [-0.2, -0.15) is 0 Å². The van der Waals surface area contributed by atoms with Gasteiger partial charge in [-0.3, -0.25) is 9.52 Å². The second-order valence-electron chi connectivity index (χ2n) is 4.69. The number of rotatable bonds is 7. The predicted molar refractivity (Wildman–Crippen MR) is 87.5 cm³/mol. The molecule has 0 heterocycles. The highest BCUT2D eigenvalue weighted by Gasteiger charge is 2.16. The lowest BCUT2D eigenvalue weighted by Crippen LogP contribution is -2.19. The van der Waals surface area contributed by atoms with Crippen LogP contribution in [0.2, 0.25) is 0 Å². The molecule has 2 aromatic rings. The Morgan fingerprint density at radius 1 is 1.23 bits per heavy atom. The predicted octanol–water partition coefficient (Wildman–Crippen LogP) is 3.68. The zero-order valence-electron chi connectivity index (χ0n) is 12.4. The molecule has 0 aromatic heterocycles. The van der Waals surface area contributed by atoms with Crippen molar-refractivity contribution < 1.29 is 14.6 Å². The minimum Gasteiger partial charge on any atom is -0.508 e. The first-order valence-electron chi connectivity index (χ1n) is 7.11. The fourth-order valence-corrected chi connectivity index (χ4v) is 2.81. The van der Waals surface area contributed by atoms with Crippen molar-refractivity contribution in [2.24, 2.45) is 0 Å². The molecule has 2 rings (SSSR count). The maximum atomic E-state index is 11.8. The van der Waals surface area contributed by atoms with Crippen LogP contribution < -0.4 is 4.72 Å². The molecule has 0 amide bonds. The maximum absolute atomic E-state index is 11.8. The molecule has 1 atom stereocenters. The van der Waals surface area contributed by atoms with E-state index in [1.165, 1.54) is 11.9 Å². The van der Waals surface area contributed by atoms with Crippen molar-refractivity contribution >= 4 is 17.9 Å². The van der Waals surface area contributed by atoms with Crippen LogP contribution in [0.25, 0.3) is 0 Å². The van der Waals surface area contributed by atoms with E-state index in [9.17, 15) is 9.90 Å². The first kappa shape index (κ1) is 16.4. The van der Waals surface area contributed by atoms with Gasteiger partial charge in [-0.25, -0.2) is 0 Å². The summed E-state index contributed by atoms with van der Waals surface area (Å²) in [6.45, 7) is 2.17. The number of esters is 1. The second kappa shape index (κ2) is 8.46. The van der Waals surface area contributed by atoms with E-state index in [0.717, 1.165) is 10.5 Å². The van der Waals surface area contributed by atoms with E-state index < -0.39 is 0 Å². The maximum Gasteiger partial charge on any atom is 0.307 e. The van der Waals surface area contributed by atoms with E-state index in [2.05, 4.69) is 4.72 Å². The van der Waals surface area contributed by atoms with E-state index in [-0.39, 0.29) is 24.2 Å². The molecule has 0 aliphatic rings. The van der Waals surface area contributed by atoms with Gasteiger partial charge in [-0.05, 0) is 42.6 Å². The number of carbonyl (C=O) groups excluding carboxylic acids is 1. The van der Waals surface area contributed by atoms with Crippen molar-refractivity contribution in [2.45, 2.75) is 24.3 Å². The molecule has 116 valence electrons. The Bertz CT molecular complexity index is 604. The van der Waals surface area contributed by atoms with Gasteiger partial charge in [-0.15, -0.1) is 0 Å². The Morgan fingerprint density at radius 3 is 2.68 bits per heavy atom. The second-order valence-corrected chi connectivity index (χ2v) is 5.60. The number of benzene rings is 2. The van der Waals surface area contributed by atoms with Crippen molar-refractivity contribution in [1.29, 1.82) is 0 Å². The molecule has 5 heteroatoms. The molecule has 0 fully saturated rings. The van der Waals surface area contributed by atoms with Crippen LogP contribution in [0.4, 0.5) is 0 Å². The normalized spacial score (nSPS) is 11.9. The molecule has 22 heavy (non-hydrogen) atoms. The van der Waals surface area contributed by atoms with Crippen LogP contribution in [0.3, 0.4) is 0 Å². The van der Waals surface area contributed by atoms with Crippen molar-refractivity contribution in [3.63, 3.8) is 0 Å². The molecule has 0 aliphatic heterocycles. The molecule has 0 bridgehead atoms. The third-order valence-electron chi connectivity index (χ3n) is 3.01. The topological polar surface area (TPSA) is 58.6 Å². The number of aromatic hydroxyl groups is 1. The van der Waals surface area contributed by atoms with Crippen LogP contribution in [-0.4, -0.2) is 17.7 Å². The summed E-state index contributed by atoms with van der Waals surface area (Å²) >= 11 is 1.38. The Morgan fingerprint density at radius 2 is 2.00 bits per heavy atom. The highest BCUT2D eigenvalue weighted by molar-refractivity contribution is 7.97. The van der Waals surface area contributed by atoms with Crippen LogP contribution in [0.5, 0.6) is 5.75 Å². The summed E-state index contributed by atoms with van der Waals surface area (Å²) in [6.07, 6.45) is 0.254. The van der Waals surface area contributed by atoms with Crippen molar-refractivity contribution in [1.82, 2.24) is 4.72 Å². The summed E-state index contributed by atoms with van der Waals surface area (Å²) in [7, 11) is 0. The lowest BCUT2D eigenvalue weighted by molar-refractivity contribution is -0.143. The van der Waals surface area contributed by atoms with Crippen LogP contribution in [-0.2, 0) is 9.53 Å². The van der Waals surface area contributed by atoms with Crippen LogP contribution in [0.1, 0.15) is 24.9 Å². The number of hydrogen-bond donors (Lipinski definition) is 2. The highest BCUT2D eigenvalue weighted by atomic mass is 32.2. The lowest BCUT2D eigenvalue weighted by atomic mass is 10.1. The molecular formula is C17H19NO3S. The average molecular weight is 317 g/mol. The molecule has 0 spiro atoms. The summed E-state index contributed by atoms with van der Waals surface area (Å²) in [4.78, 5) is 12.7. The third-order valence-corrected chi connectivity index (χ3v) is 3.91. The summed E-state index contributed by atoms with van der Waals surface area (Å²) in [5.41, 5.74) is 1.02. The van der Waals surface area contributed by atoms with Gasteiger partial charge >= 0.3 is 5.97 Å². The molecule has 0 aliphatic carbocycles. The minimum atomic E-state index is -0.236. The number of nitrogens with one attached hydrogen (secondary N) is 1. The number of phenols is 1. The Kier molecular flexibility index (Phi) is 6.30. The molecule has 2 aromatic carbocycles. The van der Waals surface area contributed by atoms with Gasteiger partial charge in [0.2, 0.25) is 0 Å². The molecule has 0 radical (unpaired) electrons.